The minimum absolute atomic E-state index is 0. The van der Waals surface area contributed by atoms with Crippen LogP contribution in [0.15, 0.2) is 30.3 Å². The Hall–Kier alpha value is -1.10. The number of likely N-dealkylation sites (N-methyl/N-ethyl adjacent to an activating group) is 1. The lowest BCUT2D eigenvalue weighted by Gasteiger charge is -2.34. The zero-order chi connectivity index (χ0) is 15.1. The normalized spacial score (nSPS) is 15.7. The van der Waals surface area contributed by atoms with Crippen molar-refractivity contribution in [3.8, 4) is 0 Å². The lowest BCUT2D eigenvalue weighted by molar-refractivity contribution is -0.131. The molecule has 4 nitrogen and oxygen atoms in total. The summed E-state index contributed by atoms with van der Waals surface area (Å²) in [7, 11) is 4.01. The van der Waals surface area contributed by atoms with Crippen molar-refractivity contribution in [3.05, 3.63) is 35.9 Å². The number of likely N-dealkylation sites (tertiary alicyclic amines) is 1. The number of rotatable bonds is 6. The maximum absolute atomic E-state index is 11.8. The Morgan fingerprint density at radius 1 is 1.27 bits per heavy atom. The first-order chi connectivity index (χ1) is 10.2. The van der Waals surface area contributed by atoms with Gasteiger partial charge in [-0.25, -0.2) is 0 Å². The van der Waals surface area contributed by atoms with E-state index in [2.05, 4.69) is 47.6 Å². The number of hydrogen-bond acceptors (Lipinski definition) is 3. The quantitative estimate of drug-likeness (QED) is 0.869. The molecule has 1 aromatic rings. The topological polar surface area (TPSA) is 35.6 Å². The molecule has 124 valence electrons. The van der Waals surface area contributed by atoms with E-state index in [1.807, 2.05) is 11.9 Å². The van der Waals surface area contributed by atoms with Crippen molar-refractivity contribution in [2.45, 2.75) is 19.4 Å². The molecule has 1 aliphatic heterocycles. The summed E-state index contributed by atoms with van der Waals surface area (Å²) in [6, 6.07) is 10.6. The van der Waals surface area contributed by atoms with Gasteiger partial charge in [0.1, 0.15) is 0 Å². The van der Waals surface area contributed by atoms with Crippen LogP contribution in [0.5, 0.6) is 0 Å². The predicted octanol–water partition coefficient (Wildman–Crippen LogP) is 2.00. The fourth-order valence-electron chi connectivity index (χ4n) is 3.03. The van der Waals surface area contributed by atoms with E-state index in [1.54, 1.807) is 0 Å². The molecule has 0 saturated carbocycles. The highest BCUT2D eigenvalue weighted by atomic mass is 35.5. The molecule has 0 aliphatic carbocycles. The van der Waals surface area contributed by atoms with Crippen LogP contribution >= 0.6 is 12.4 Å². The first-order valence-electron chi connectivity index (χ1n) is 7.84. The van der Waals surface area contributed by atoms with E-state index in [1.165, 1.54) is 5.56 Å². The number of halogens is 1. The van der Waals surface area contributed by atoms with Gasteiger partial charge in [-0.1, -0.05) is 30.3 Å². The minimum atomic E-state index is 0. The molecule has 5 heteroatoms. The van der Waals surface area contributed by atoms with E-state index < -0.39 is 0 Å². The molecule has 1 amide bonds. The molecule has 1 aliphatic rings. The maximum atomic E-state index is 11.8. The average Bonchev–Trinajstić information content (AvgIpc) is 2.49. The SMILES string of the molecule is CNCC(=O)N1CCC(CN(C)Cc2ccccc2)CC1.Cl. The molecule has 0 bridgehead atoms. The largest absolute Gasteiger partial charge is 0.342 e. The summed E-state index contributed by atoms with van der Waals surface area (Å²) in [5.74, 6) is 0.936. The van der Waals surface area contributed by atoms with Gasteiger partial charge in [0.15, 0.2) is 0 Å². The molecule has 0 atom stereocenters. The van der Waals surface area contributed by atoms with Gasteiger partial charge in [-0.15, -0.1) is 12.4 Å². The van der Waals surface area contributed by atoms with Crippen LogP contribution < -0.4 is 5.32 Å². The number of nitrogens with zero attached hydrogens (tertiary/aromatic N) is 2. The third kappa shape index (κ3) is 5.95. The van der Waals surface area contributed by atoms with E-state index in [-0.39, 0.29) is 18.3 Å². The summed E-state index contributed by atoms with van der Waals surface area (Å²) in [6.07, 6.45) is 2.24. The molecule has 0 aromatic heterocycles. The lowest BCUT2D eigenvalue weighted by atomic mass is 9.96. The second kappa shape index (κ2) is 9.82. The van der Waals surface area contributed by atoms with Crippen molar-refractivity contribution < 1.29 is 4.79 Å². The standard InChI is InChI=1S/C17H27N3O.ClH/c1-18-12-17(21)20-10-8-16(9-11-20)14-19(2)13-15-6-4-3-5-7-15;/h3-7,16,18H,8-14H2,1-2H3;1H. The molecule has 1 fully saturated rings. The van der Waals surface area contributed by atoms with Gasteiger partial charge < -0.3 is 15.1 Å². The van der Waals surface area contributed by atoms with Crippen molar-refractivity contribution in [1.29, 1.82) is 0 Å². The zero-order valence-electron chi connectivity index (χ0n) is 13.6. The van der Waals surface area contributed by atoms with Crippen molar-refractivity contribution in [1.82, 2.24) is 15.1 Å². The molecule has 2 rings (SSSR count). The summed E-state index contributed by atoms with van der Waals surface area (Å²) in [4.78, 5) is 16.2. The van der Waals surface area contributed by atoms with Gasteiger partial charge in [0.2, 0.25) is 5.91 Å². The van der Waals surface area contributed by atoms with Crippen molar-refractivity contribution in [2.24, 2.45) is 5.92 Å². The van der Waals surface area contributed by atoms with Crippen LogP contribution in [0.3, 0.4) is 0 Å². The maximum Gasteiger partial charge on any atom is 0.236 e. The van der Waals surface area contributed by atoms with Crippen LogP contribution in [0.2, 0.25) is 0 Å². The highest BCUT2D eigenvalue weighted by Gasteiger charge is 2.23. The van der Waals surface area contributed by atoms with E-state index in [9.17, 15) is 4.79 Å². The molecular formula is C17H28ClN3O. The van der Waals surface area contributed by atoms with Crippen molar-refractivity contribution in [2.75, 3.05) is 40.3 Å². The Kier molecular flexibility index (Phi) is 8.46. The monoisotopic (exact) mass is 325 g/mol. The highest BCUT2D eigenvalue weighted by molar-refractivity contribution is 5.85. The van der Waals surface area contributed by atoms with E-state index >= 15 is 0 Å². The number of carbonyl (C=O) groups excluding carboxylic acids is 1. The fraction of sp³-hybridized carbons (Fsp3) is 0.588. The number of benzene rings is 1. The highest BCUT2D eigenvalue weighted by Crippen LogP contribution is 2.18. The lowest BCUT2D eigenvalue weighted by Crippen LogP contribution is -2.43. The number of nitrogens with one attached hydrogen (secondary N) is 1. The van der Waals surface area contributed by atoms with Gasteiger partial charge in [-0.05, 0) is 38.4 Å². The molecular weight excluding hydrogens is 298 g/mol. The fourth-order valence-corrected chi connectivity index (χ4v) is 3.03. The summed E-state index contributed by atoms with van der Waals surface area (Å²) < 4.78 is 0. The van der Waals surface area contributed by atoms with Crippen LogP contribution in [0.1, 0.15) is 18.4 Å². The predicted molar refractivity (Wildman–Crippen MR) is 93.3 cm³/mol. The Morgan fingerprint density at radius 3 is 2.50 bits per heavy atom. The molecule has 0 spiro atoms. The van der Waals surface area contributed by atoms with E-state index in [0.717, 1.165) is 39.0 Å². The van der Waals surface area contributed by atoms with Crippen LogP contribution in [-0.2, 0) is 11.3 Å². The Morgan fingerprint density at radius 2 is 1.91 bits per heavy atom. The summed E-state index contributed by atoms with van der Waals surface area (Å²) >= 11 is 0. The second-order valence-corrected chi connectivity index (χ2v) is 6.04. The zero-order valence-corrected chi connectivity index (χ0v) is 14.4. The first kappa shape index (κ1) is 18.9. The summed E-state index contributed by atoms with van der Waals surface area (Å²) in [6.45, 7) is 4.38. The number of amides is 1. The minimum Gasteiger partial charge on any atom is -0.342 e. The number of piperidine rings is 1. The second-order valence-electron chi connectivity index (χ2n) is 6.04. The Labute approximate surface area is 140 Å². The van der Waals surface area contributed by atoms with Gasteiger partial charge in [0, 0.05) is 26.2 Å². The molecule has 1 aromatic carbocycles. The van der Waals surface area contributed by atoms with Gasteiger partial charge in [-0.3, -0.25) is 4.79 Å². The van der Waals surface area contributed by atoms with Crippen LogP contribution in [0.25, 0.3) is 0 Å². The van der Waals surface area contributed by atoms with E-state index in [0.29, 0.717) is 12.5 Å². The van der Waals surface area contributed by atoms with Crippen LogP contribution in [-0.4, -0.2) is 56.0 Å². The molecule has 1 heterocycles. The van der Waals surface area contributed by atoms with E-state index in [4.69, 9.17) is 0 Å². The van der Waals surface area contributed by atoms with Crippen molar-refractivity contribution >= 4 is 18.3 Å². The van der Waals surface area contributed by atoms with Crippen molar-refractivity contribution in [3.63, 3.8) is 0 Å². The number of hydrogen-bond donors (Lipinski definition) is 1. The summed E-state index contributed by atoms with van der Waals surface area (Å²) in [5, 5.41) is 2.94. The van der Waals surface area contributed by atoms with Gasteiger partial charge in [-0.2, -0.15) is 0 Å². The van der Waals surface area contributed by atoms with Crippen LogP contribution in [0.4, 0.5) is 0 Å². The summed E-state index contributed by atoms with van der Waals surface area (Å²) in [5.41, 5.74) is 1.36. The molecule has 1 saturated heterocycles. The molecule has 22 heavy (non-hydrogen) atoms. The Bertz CT molecular complexity index is 433. The molecule has 1 N–H and O–H groups in total. The smallest absolute Gasteiger partial charge is 0.236 e. The van der Waals surface area contributed by atoms with Crippen LogP contribution in [0, 0.1) is 5.92 Å². The molecule has 0 radical (unpaired) electrons. The van der Waals surface area contributed by atoms with Gasteiger partial charge in [0.05, 0.1) is 6.54 Å². The number of carbonyl (C=O) groups is 1. The third-order valence-corrected chi connectivity index (χ3v) is 4.16. The first-order valence-corrected chi connectivity index (χ1v) is 7.84. The van der Waals surface area contributed by atoms with Gasteiger partial charge in [0.25, 0.3) is 0 Å². The average molecular weight is 326 g/mol. The van der Waals surface area contributed by atoms with Gasteiger partial charge >= 0.3 is 0 Å². The third-order valence-electron chi connectivity index (χ3n) is 4.16. The Balaban J connectivity index is 0.00000242. The molecule has 0 unspecified atom stereocenters.